The van der Waals surface area contributed by atoms with Gasteiger partial charge < -0.3 is 9.64 Å². The van der Waals surface area contributed by atoms with E-state index in [4.69, 9.17) is 9.72 Å². The van der Waals surface area contributed by atoms with Gasteiger partial charge in [0.2, 0.25) is 5.88 Å². The number of nitrogens with zero attached hydrogens (tertiary/aromatic N) is 6. The Bertz CT molecular complexity index is 1580. The highest BCUT2D eigenvalue weighted by Gasteiger charge is 2.48. The summed E-state index contributed by atoms with van der Waals surface area (Å²) in [5.74, 6) is -0.0762. The number of alkyl halides is 3. The van der Waals surface area contributed by atoms with Crippen molar-refractivity contribution < 1.29 is 31.1 Å². The molecule has 3 aromatic heterocycles. The number of aromatic nitrogens is 5. The molecule has 0 saturated carbocycles. The smallest absolute Gasteiger partial charge is 0.397 e. The zero-order chi connectivity index (χ0) is 31.3. The van der Waals surface area contributed by atoms with Crippen molar-refractivity contribution in [1.29, 1.82) is 0 Å². The van der Waals surface area contributed by atoms with E-state index in [1.54, 1.807) is 7.05 Å². The summed E-state index contributed by atoms with van der Waals surface area (Å²) >= 11 is 0. The fourth-order valence-electron chi connectivity index (χ4n) is 4.63. The average molecular weight is 612 g/mol. The van der Waals surface area contributed by atoms with E-state index in [1.165, 1.54) is 46.9 Å². The molecule has 0 radical (unpaired) electrons. The third-order valence-electron chi connectivity index (χ3n) is 7.47. The molecule has 3 aromatic rings. The second-order valence-electron chi connectivity index (χ2n) is 12.1. The first-order chi connectivity index (χ1) is 19.3. The number of hydrogen-bond donors (Lipinski definition) is 1. The third kappa shape index (κ3) is 6.40. The van der Waals surface area contributed by atoms with Gasteiger partial charge in [-0.2, -0.15) is 18.3 Å². The Kier molecular flexibility index (Phi) is 8.13. The quantitative estimate of drug-likeness (QED) is 0.397. The van der Waals surface area contributed by atoms with E-state index < -0.39 is 39.7 Å². The second-order valence-corrected chi connectivity index (χ2v) is 13.7. The number of rotatable bonds is 8. The van der Waals surface area contributed by atoms with Crippen LogP contribution in [0.1, 0.15) is 63.5 Å². The number of nitrogens with one attached hydrogen (secondary N) is 1. The van der Waals surface area contributed by atoms with E-state index in [2.05, 4.69) is 21.8 Å². The fraction of sp³-hybridized carbons (Fsp3) is 0.556. The Morgan fingerprint density at radius 1 is 1.19 bits per heavy atom. The first kappa shape index (κ1) is 31.3. The predicted molar refractivity (Wildman–Crippen MR) is 149 cm³/mol. The van der Waals surface area contributed by atoms with Gasteiger partial charge in [-0.1, -0.05) is 6.92 Å². The molecular formula is C27H36F3N7O4S. The van der Waals surface area contributed by atoms with Gasteiger partial charge in [0.15, 0.2) is 5.82 Å². The number of pyridine rings is 1. The van der Waals surface area contributed by atoms with E-state index in [0.717, 1.165) is 26.7 Å². The first-order valence-electron chi connectivity index (χ1n) is 13.4. The van der Waals surface area contributed by atoms with Crippen molar-refractivity contribution in [2.75, 3.05) is 18.1 Å². The second kappa shape index (κ2) is 10.9. The molecule has 0 aromatic carbocycles. The molecule has 0 spiro atoms. The van der Waals surface area contributed by atoms with Crippen LogP contribution >= 0.6 is 0 Å². The molecule has 0 unspecified atom stereocenters. The number of hydrogen-bond acceptors (Lipinski definition) is 8. The number of anilines is 1. The van der Waals surface area contributed by atoms with Gasteiger partial charge in [-0.05, 0) is 65.5 Å². The van der Waals surface area contributed by atoms with Gasteiger partial charge in [0, 0.05) is 37.6 Å². The van der Waals surface area contributed by atoms with Gasteiger partial charge in [0.1, 0.15) is 17.3 Å². The van der Waals surface area contributed by atoms with Crippen molar-refractivity contribution in [3.8, 4) is 11.7 Å². The summed E-state index contributed by atoms with van der Waals surface area (Å²) < 4.78 is 76.1. The van der Waals surface area contributed by atoms with Gasteiger partial charge in [-0.15, -0.1) is 5.10 Å². The number of ether oxygens (including phenoxy) is 1. The molecular weight excluding hydrogens is 575 g/mol. The highest BCUT2D eigenvalue weighted by molar-refractivity contribution is 7.90. The summed E-state index contributed by atoms with van der Waals surface area (Å²) in [6, 6.07) is 4.37. The van der Waals surface area contributed by atoms with Gasteiger partial charge in [0.25, 0.3) is 15.9 Å². The van der Waals surface area contributed by atoms with Crippen LogP contribution in [0.3, 0.4) is 0 Å². The van der Waals surface area contributed by atoms with Gasteiger partial charge >= 0.3 is 6.18 Å². The highest BCUT2D eigenvalue weighted by atomic mass is 32.2. The molecule has 230 valence electrons. The summed E-state index contributed by atoms with van der Waals surface area (Å²) in [6.07, 6.45) is 0.123. The van der Waals surface area contributed by atoms with Crippen LogP contribution in [0.5, 0.6) is 5.88 Å². The first-order valence-corrected chi connectivity index (χ1v) is 14.9. The summed E-state index contributed by atoms with van der Waals surface area (Å²) in [5, 5.41) is 8.28. The number of amides is 1. The molecule has 0 aliphatic carbocycles. The van der Waals surface area contributed by atoms with Crippen molar-refractivity contribution in [2.45, 2.75) is 71.0 Å². The minimum Gasteiger partial charge on any atom is -0.476 e. The molecule has 1 N–H and O–H groups in total. The monoisotopic (exact) mass is 611 g/mol. The number of carbonyl (C=O) groups excluding carboxylic acids is 1. The normalized spacial score (nSPS) is 17.8. The average Bonchev–Trinajstić information content (AvgIpc) is 3.49. The number of carbonyl (C=O) groups is 1. The zero-order valence-corrected chi connectivity index (χ0v) is 25.5. The molecule has 1 amide bonds. The van der Waals surface area contributed by atoms with Crippen LogP contribution in [-0.4, -0.2) is 63.7 Å². The lowest BCUT2D eigenvalue weighted by Gasteiger charge is -2.46. The van der Waals surface area contributed by atoms with Crippen LogP contribution in [0.2, 0.25) is 0 Å². The van der Waals surface area contributed by atoms with Crippen LogP contribution in [0.4, 0.5) is 19.0 Å². The lowest BCUT2D eigenvalue weighted by molar-refractivity contribution is -0.219. The third-order valence-corrected chi connectivity index (χ3v) is 8.90. The molecule has 1 atom stereocenters. The fourth-order valence-corrected chi connectivity index (χ4v) is 5.81. The number of halogens is 3. The maximum Gasteiger partial charge on any atom is 0.397 e. The molecule has 0 bridgehead atoms. The van der Waals surface area contributed by atoms with Crippen LogP contribution in [-0.2, 0) is 17.1 Å². The number of sulfonamides is 1. The maximum absolute atomic E-state index is 13.5. The topological polar surface area (TPSA) is 124 Å². The van der Waals surface area contributed by atoms with Crippen LogP contribution < -0.4 is 14.4 Å². The van der Waals surface area contributed by atoms with Crippen molar-refractivity contribution in [3.63, 3.8) is 0 Å². The largest absolute Gasteiger partial charge is 0.476 e. The molecule has 1 aliphatic heterocycles. The van der Waals surface area contributed by atoms with Crippen LogP contribution in [0.15, 0.2) is 35.5 Å². The SMILES string of the molecule is Cc1nn(C)cc1S(=O)(=O)NC(=O)c1ccc(-n2ccc(OCC(C)(C)C(F)(F)F)n2)nc1N1C[C@H](C)CCC1(C)C. The van der Waals surface area contributed by atoms with Gasteiger partial charge in [-0.3, -0.25) is 9.48 Å². The zero-order valence-electron chi connectivity index (χ0n) is 24.7. The molecule has 4 rings (SSSR count). The van der Waals surface area contributed by atoms with E-state index >= 15 is 0 Å². The molecule has 1 saturated heterocycles. The Labute approximate surface area is 243 Å². The summed E-state index contributed by atoms with van der Waals surface area (Å²) in [4.78, 5) is 20.1. The summed E-state index contributed by atoms with van der Waals surface area (Å²) in [5.41, 5.74) is -2.20. The van der Waals surface area contributed by atoms with E-state index in [-0.39, 0.29) is 39.6 Å². The van der Waals surface area contributed by atoms with E-state index in [9.17, 15) is 26.4 Å². The number of piperidine rings is 1. The van der Waals surface area contributed by atoms with Crippen molar-refractivity contribution in [1.82, 2.24) is 29.3 Å². The Morgan fingerprint density at radius 3 is 2.50 bits per heavy atom. The predicted octanol–water partition coefficient (Wildman–Crippen LogP) is 4.41. The van der Waals surface area contributed by atoms with Crippen molar-refractivity contribution in [3.05, 3.63) is 41.9 Å². The Balaban J connectivity index is 1.70. The molecule has 4 heterocycles. The lowest BCUT2D eigenvalue weighted by atomic mass is 9.85. The number of aryl methyl sites for hydroxylation is 2. The van der Waals surface area contributed by atoms with Gasteiger partial charge in [0.05, 0.1) is 16.7 Å². The molecule has 11 nitrogen and oxygen atoms in total. The lowest BCUT2D eigenvalue weighted by Crippen LogP contribution is -2.51. The maximum atomic E-state index is 13.5. The summed E-state index contributed by atoms with van der Waals surface area (Å²) in [7, 11) is -2.66. The van der Waals surface area contributed by atoms with E-state index in [1.807, 2.05) is 18.7 Å². The minimum atomic E-state index is -4.45. The highest BCUT2D eigenvalue weighted by Crippen LogP contribution is 2.38. The van der Waals surface area contributed by atoms with Crippen LogP contribution in [0, 0.1) is 18.3 Å². The Hall–Kier alpha value is -3.62. The Morgan fingerprint density at radius 2 is 1.88 bits per heavy atom. The minimum absolute atomic E-state index is 0.0256. The van der Waals surface area contributed by atoms with Crippen molar-refractivity contribution >= 4 is 21.7 Å². The molecule has 15 heteroatoms. The molecule has 1 aliphatic rings. The molecule has 42 heavy (non-hydrogen) atoms. The standard InChI is InChI=1S/C27H36F3N7O4S/c1-17-10-12-26(5,6)36(14-17)23-19(24(38)34-42(39,40)20-15-35(7)32-18(20)2)8-9-21(31-23)37-13-11-22(33-37)41-16-25(3,4)27(28,29)30/h8-9,11,13,15,17H,10,12,14,16H2,1-7H3,(H,34,38)/t17-/m1/s1. The van der Waals surface area contributed by atoms with Gasteiger partial charge in [-0.25, -0.2) is 22.8 Å². The summed E-state index contributed by atoms with van der Waals surface area (Å²) in [6.45, 7) is 9.68. The van der Waals surface area contributed by atoms with Crippen LogP contribution in [0.25, 0.3) is 5.82 Å². The van der Waals surface area contributed by atoms with E-state index in [0.29, 0.717) is 6.54 Å². The molecule has 1 fully saturated rings. The van der Waals surface area contributed by atoms with Crippen molar-refractivity contribution in [2.24, 2.45) is 18.4 Å².